The Morgan fingerprint density at radius 1 is 1.13 bits per heavy atom. The number of thioether (sulfide) groups is 1. The Labute approximate surface area is 183 Å². The first-order chi connectivity index (χ1) is 14.5. The molecule has 0 spiro atoms. The maximum Gasteiger partial charge on any atom is 0.226 e. The summed E-state index contributed by atoms with van der Waals surface area (Å²) in [6.07, 6.45) is 2.39. The normalized spacial score (nSPS) is 15.4. The third-order valence-electron chi connectivity index (χ3n) is 5.11. The van der Waals surface area contributed by atoms with Crippen LogP contribution in [0.4, 0.5) is 5.69 Å². The predicted molar refractivity (Wildman–Crippen MR) is 123 cm³/mol. The van der Waals surface area contributed by atoms with E-state index >= 15 is 0 Å². The fourth-order valence-corrected chi connectivity index (χ4v) is 4.62. The molecular weight excluding hydrogens is 396 g/mol. The molecule has 30 heavy (non-hydrogen) atoms. The Balaban J connectivity index is 1.58. The van der Waals surface area contributed by atoms with Gasteiger partial charge in [0, 0.05) is 36.8 Å². The van der Waals surface area contributed by atoms with E-state index < -0.39 is 0 Å². The molecule has 0 saturated carbocycles. The molecule has 1 fully saturated rings. The summed E-state index contributed by atoms with van der Waals surface area (Å²) in [6, 6.07) is 15.5. The van der Waals surface area contributed by atoms with Crippen LogP contribution in [0, 0.1) is 6.92 Å². The van der Waals surface area contributed by atoms with Gasteiger partial charge in [0.15, 0.2) is 0 Å². The highest BCUT2D eigenvalue weighted by Gasteiger charge is 2.18. The van der Waals surface area contributed by atoms with E-state index in [-0.39, 0.29) is 24.3 Å². The lowest BCUT2D eigenvalue weighted by Gasteiger charge is -2.21. The molecule has 1 heterocycles. The molecule has 2 N–H and O–H groups in total. The smallest absolute Gasteiger partial charge is 0.226 e. The lowest BCUT2D eigenvalue weighted by atomic mass is 10.0. The van der Waals surface area contributed by atoms with Gasteiger partial charge in [0.25, 0.3) is 0 Å². The van der Waals surface area contributed by atoms with Crippen LogP contribution in [-0.4, -0.2) is 30.3 Å². The number of aryl methyl sites for hydroxylation is 1. The quantitative estimate of drug-likeness (QED) is 0.647. The van der Waals surface area contributed by atoms with E-state index in [4.69, 9.17) is 4.74 Å². The zero-order valence-electron chi connectivity index (χ0n) is 17.6. The third kappa shape index (κ3) is 7.18. The van der Waals surface area contributed by atoms with Crippen LogP contribution in [0.25, 0.3) is 0 Å². The molecule has 0 radical (unpaired) electrons. The highest BCUT2D eigenvalue weighted by Crippen LogP contribution is 2.26. The molecule has 1 saturated heterocycles. The number of nitrogens with one attached hydrogen (secondary N) is 2. The molecule has 6 heteroatoms. The predicted octanol–water partition coefficient (Wildman–Crippen LogP) is 4.61. The van der Waals surface area contributed by atoms with Crippen molar-refractivity contribution < 1.29 is 14.3 Å². The first kappa shape index (κ1) is 22.4. The van der Waals surface area contributed by atoms with Crippen molar-refractivity contribution >= 4 is 29.3 Å². The van der Waals surface area contributed by atoms with Crippen molar-refractivity contribution in [2.24, 2.45) is 0 Å². The molecule has 5 nitrogen and oxygen atoms in total. The molecule has 2 amide bonds. The van der Waals surface area contributed by atoms with Gasteiger partial charge in [-0.05, 0) is 43.0 Å². The van der Waals surface area contributed by atoms with Gasteiger partial charge in [-0.3, -0.25) is 9.59 Å². The minimum Gasteiger partial charge on any atom is -0.381 e. The van der Waals surface area contributed by atoms with E-state index in [1.807, 2.05) is 61.2 Å². The monoisotopic (exact) mass is 426 g/mol. The van der Waals surface area contributed by atoms with Gasteiger partial charge in [0.2, 0.25) is 11.8 Å². The Hall–Kier alpha value is -2.31. The van der Waals surface area contributed by atoms with Crippen LogP contribution in [0.1, 0.15) is 48.9 Å². The Kier molecular flexibility index (Phi) is 8.34. The maximum atomic E-state index is 12.7. The molecule has 1 aliphatic rings. The van der Waals surface area contributed by atoms with Crippen LogP contribution < -0.4 is 10.6 Å². The second-order valence-corrected chi connectivity index (χ2v) is 9.03. The third-order valence-corrected chi connectivity index (χ3v) is 6.55. The second kappa shape index (κ2) is 11.2. The van der Waals surface area contributed by atoms with Crippen LogP contribution >= 0.6 is 11.8 Å². The average molecular weight is 427 g/mol. The second-order valence-electron chi connectivity index (χ2n) is 7.74. The first-order valence-corrected chi connectivity index (χ1v) is 11.5. The summed E-state index contributed by atoms with van der Waals surface area (Å²) in [4.78, 5) is 24.3. The van der Waals surface area contributed by atoms with Crippen molar-refractivity contribution in [2.45, 2.75) is 50.2 Å². The molecule has 0 aromatic heterocycles. The Morgan fingerprint density at radius 3 is 2.57 bits per heavy atom. The Morgan fingerprint density at radius 2 is 1.87 bits per heavy atom. The minimum atomic E-state index is -0.352. The SMILES string of the molecule is CC(=O)NC(CC(=O)Nc1cccc(CSC2CCOCC2)c1)c1ccc(C)cc1. The number of amides is 2. The summed E-state index contributed by atoms with van der Waals surface area (Å²) in [5.41, 5.74) is 4.05. The van der Waals surface area contributed by atoms with E-state index in [1.54, 1.807) is 0 Å². The zero-order valence-corrected chi connectivity index (χ0v) is 18.5. The summed E-state index contributed by atoms with van der Waals surface area (Å²) in [7, 11) is 0. The summed E-state index contributed by atoms with van der Waals surface area (Å²) < 4.78 is 5.42. The van der Waals surface area contributed by atoms with Gasteiger partial charge in [0.1, 0.15) is 0 Å². The number of rotatable bonds is 8. The van der Waals surface area contributed by atoms with Gasteiger partial charge < -0.3 is 15.4 Å². The van der Waals surface area contributed by atoms with Gasteiger partial charge in [-0.15, -0.1) is 0 Å². The zero-order chi connectivity index (χ0) is 21.3. The molecule has 3 rings (SSSR count). The number of hydrogen-bond acceptors (Lipinski definition) is 4. The van der Waals surface area contributed by atoms with Crippen LogP contribution in [0.3, 0.4) is 0 Å². The van der Waals surface area contributed by atoms with Crippen LogP contribution in [0.15, 0.2) is 48.5 Å². The maximum absolute atomic E-state index is 12.7. The van der Waals surface area contributed by atoms with E-state index in [0.717, 1.165) is 48.6 Å². The van der Waals surface area contributed by atoms with Crippen molar-refractivity contribution in [1.82, 2.24) is 5.32 Å². The number of benzene rings is 2. The van der Waals surface area contributed by atoms with Gasteiger partial charge in [-0.1, -0.05) is 42.0 Å². The summed E-state index contributed by atoms with van der Waals surface area (Å²) in [5, 5.41) is 6.52. The Bertz CT molecular complexity index is 848. The number of anilines is 1. The van der Waals surface area contributed by atoms with Crippen molar-refractivity contribution in [3.63, 3.8) is 0 Å². The minimum absolute atomic E-state index is 0.122. The van der Waals surface area contributed by atoms with Crippen LogP contribution in [0.2, 0.25) is 0 Å². The first-order valence-electron chi connectivity index (χ1n) is 10.4. The molecule has 0 bridgehead atoms. The van der Waals surface area contributed by atoms with Crippen molar-refractivity contribution in [3.05, 3.63) is 65.2 Å². The highest BCUT2D eigenvalue weighted by atomic mass is 32.2. The number of hydrogen-bond donors (Lipinski definition) is 2. The van der Waals surface area contributed by atoms with Crippen molar-refractivity contribution in [2.75, 3.05) is 18.5 Å². The highest BCUT2D eigenvalue weighted by molar-refractivity contribution is 7.99. The number of ether oxygens (including phenoxy) is 1. The van der Waals surface area contributed by atoms with E-state index in [0.29, 0.717) is 5.25 Å². The molecule has 1 aliphatic heterocycles. The van der Waals surface area contributed by atoms with Gasteiger partial charge >= 0.3 is 0 Å². The fourth-order valence-electron chi connectivity index (χ4n) is 3.49. The van der Waals surface area contributed by atoms with Crippen LogP contribution in [-0.2, 0) is 20.1 Å². The summed E-state index contributed by atoms with van der Waals surface area (Å²) >= 11 is 1.95. The van der Waals surface area contributed by atoms with Crippen molar-refractivity contribution in [1.29, 1.82) is 0 Å². The standard InChI is InChI=1S/C24H30N2O3S/c1-17-6-8-20(9-7-17)23(25-18(2)27)15-24(28)26-21-5-3-4-19(14-21)16-30-22-10-12-29-13-11-22/h3-9,14,22-23H,10-13,15-16H2,1-2H3,(H,25,27)(H,26,28). The van der Waals surface area contributed by atoms with E-state index in [2.05, 4.69) is 16.7 Å². The summed E-state index contributed by atoms with van der Waals surface area (Å²) in [6.45, 7) is 5.18. The topological polar surface area (TPSA) is 67.4 Å². The number of carbonyl (C=O) groups excluding carboxylic acids is 2. The van der Waals surface area contributed by atoms with Crippen LogP contribution in [0.5, 0.6) is 0 Å². The molecule has 160 valence electrons. The molecular formula is C24H30N2O3S. The van der Waals surface area contributed by atoms with Gasteiger partial charge in [0.05, 0.1) is 12.5 Å². The summed E-state index contributed by atoms with van der Waals surface area (Å²) in [5.74, 6) is 0.649. The lowest BCUT2D eigenvalue weighted by molar-refractivity contribution is -0.120. The molecule has 1 unspecified atom stereocenters. The lowest BCUT2D eigenvalue weighted by Crippen LogP contribution is -2.29. The van der Waals surface area contributed by atoms with Gasteiger partial charge in [-0.2, -0.15) is 11.8 Å². The average Bonchev–Trinajstić information content (AvgIpc) is 2.73. The fraction of sp³-hybridized carbons (Fsp3) is 0.417. The largest absolute Gasteiger partial charge is 0.381 e. The van der Waals surface area contributed by atoms with Crippen molar-refractivity contribution in [3.8, 4) is 0 Å². The molecule has 0 aliphatic carbocycles. The molecule has 2 aromatic carbocycles. The molecule has 2 aromatic rings. The molecule has 1 atom stereocenters. The van der Waals surface area contributed by atoms with Gasteiger partial charge in [-0.25, -0.2) is 0 Å². The number of carbonyl (C=O) groups is 2. The van der Waals surface area contributed by atoms with E-state index in [9.17, 15) is 9.59 Å². The van der Waals surface area contributed by atoms with E-state index in [1.165, 1.54) is 12.5 Å².